The van der Waals surface area contributed by atoms with Gasteiger partial charge in [0.15, 0.2) is 0 Å². The van der Waals surface area contributed by atoms with Gasteiger partial charge in [0.25, 0.3) is 0 Å². The molecule has 14 heavy (non-hydrogen) atoms. The minimum atomic E-state index is 0.384. The van der Waals surface area contributed by atoms with E-state index in [1.807, 2.05) is 38.1 Å². The molecule has 1 aromatic rings. The molecule has 0 atom stereocenters. The van der Waals surface area contributed by atoms with E-state index in [2.05, 4.69) is 0 Å². The van der Waals surface area contributed by atoms with Crippen molar-refractivity contribution >= 4 is 35.2 Å². The van der Waals surface area contributed by atoms with Crippen LogP contribution in [0.25, 0.3) is 0 Å². The van der Waals surface area contributed by atoms with Crippen LogP contribution in [0.5, 0.6) is 0 Å². The standard InChI is InChI=1S/C7H5O.C4H10O.Pb/c8-6-7-4-2-1-3-5-7;1-4(2)5-3;/h2-6H;4H,1-3H3;. The van der Waals surface area contributed by atoms with Gasteiger partial charge in [-0.1, -0.05) is 0 Å². The monoisotopic (exact) mass is 387 g/mol. The van der Waals surface area contributed by atoms with E-state index in [9.17, 15) is 4.79 Å². The molecule has 3 radical (unpaired) electrons. The number of carbonyl (C=O) groups is 1. The fraction of sp³-hybridized carbons (Fsp3) is 0.364. The van der Waals surface area contributed by atoms with Crippen molar-refractivity contribution in [2.75, 3.05) is 7.11 Å². The van der Waals surface area contributed by atoms with Crippen molar-refractivity contribution in [3.05, 3.63) is 29.8 Å². The first-order valence-electron chi connectivity index (χ1n) is 4.39. The summed E-state index contributed by atoms with van der Waals surface area (Å²) >= 11 is 1.06. The Hall–Kier alpha value is -0.228. The molecule has 0 N–H and O–H groups in total. The summed E-state index contributed by atoms with van der Waals surface area (Å²) in [6, 6.07) is 7.65. The molecule has 0 amide bonds. The molecular formula is C11H15O2Pb. The zero-order valence-electron chi connectivity index (χ0n) is 8.78. The summed E-state index contributed by atoms with van der Waals surface area (Å²) in [5.41, 5.74) is 0.759. The Bertz CT molecular complexity index is 254. The number of hydrogen-bond acceptors (Lipinski definition) is 2. The summed E-state index contributed by atoms with van der Waals surface area (Å²) in [5.74, 6) is 0. The van der Waals surface area contributed by atoms with Crippen molar-refractivity contribution in [3.63, 3.8) is 0 Å². The summed E-state index contributed by atoms with van der Waals surface area (Å²) in [4.78, 5) is 10.1. The van der Waals surface area contributed by atoms with Gasteiger partial charge in [-0.3, -0.25) is 0 Å². The first-order valence-corrected chi connectivity index (χ1v) is 6.34. The van der Waals surface area contributed by atoms with Crippen molar-refractivity contribution in [3.8, 4) is 0 Å². The van der Waals surface area contributed by atoms with Gasteiger partial charge in [-0.2, -0.15) is 0 Å². The molecule has 1 aromatic carbocycles. The van der Waals surface area contributed by atoms with Crippen LogP contribution in [-0.2, 0) is 4.74 Å². The van der Waals surface area contributed by atoms with Crippen molar-refractivity contribution in [2.45, 2.75) is 20.0 Å². The first kappa shape index (κ1) is 13.8. The number of aldehydes is 1. The number of benzene rings is 1. The molecule has 0 aliphatic rings. The Morgan fingerprint density at radius 2 is 1.71 bits per heavy atom. The first-order chi connectivity index (χ1) is 6.60. The molecule has 0 saturated heterocycles. The van der Waals surface area contributed by atoms with Gasteiger partial charge in [0.05, 0.1) is 6.10 Å². The summed E-state index contributed by atoms with van der Waals surface area (Å²) in [5, 5.41) is 0. The van der Waals surface area contributed by atoms with Gasteiger partial charge >= 0.3 is 69.8 Å². The molecule has 75 valence electrons. The van der Waals surface area contributed by atoms with Crippen LogP contribution in [0, 0.1) is 0 Å². The van der Waals surface area contributed by atoms with Crippen LogP contribution in [0.2, 0.25) is 0 Å². The number of rotatable bonds is 2. The normalized spacial score (nSPS) is 9.21. The second kappa shape index (κ2) is 8.11. The van der Waals surface area contributed by atoms with Crippen LogP contribution in [0.3, 0.4) is 0 Å². The van der Waals surface area contributed by atoms with Gasteiger partial charge in [-0.15, -0.1) is 0 Å². The summed E-state index contributed by atoms with van der Waals surface area (Å²) in [6.45, 7) is 4.00. The molecule has 0 unspecified atom stereocenters. The van der Waals surface area contributed by atoms with E-state index < -0.39 is 0 Å². The van der Waals surface area contributed by atoms with Crippen LogP contribution < -0.4 is 3.12 Å². The van der Waals surface area contributed by atoms with Gasteiger partial charge in [0.1, 0.15) is 0 Å². The molecule has 1 rings (SSSR count). The van der Waals surface area contributed by atoms with Gasteiger partial charge in [0, 0.05) is 7.11 Å². The number of carbonyl (C=O) groups excluding carboxylic acids is 1. The van der Waals surface area contributed by atoms with Crippen LogP contribution >= 0.6 is 0 Å². The van der Waals surface area contributed by atoms with E-state index >= 15 is 0 Å². The van der Waals surface area contributed by atoms with Gasteiger partial charge in [0.2, 0.25) is 0 Å². The predicted octanol–water partition coefficient (Wildman–Crippen LogP) is 1.33. The topological polar surface area (TPSA) is 26.3 Å². The van der Waals surface area contributed by atoms with Crippen molar-refractivity contribution in [2.24, 2.45) is 0 Å². The number of ether oxygens (including phenoxy) is 1. The van der Waals surface area contributed by atoms with Gasteiger partial charge in [-0.25, -0.2) is 0 Å². The fourth-order valence-corrected chi connectivity index (χ4v) is 1.21. The van der Waals surface area contributed by atoms with Crippen LogP contribution in [-0.4, -0.2) is 45.3 Å². The Kier molecular flexibility index (Phi) is 7.98. The third-order valence-electron chi connectivity index (χ3n) is 1.52. The molecule has 0 saturated carbocycles. The van der Waals surface area contributed by atoms with Gasteiger partial charge < -0.3 is 4.74 Å². The Morgan fingerprint density at radius 3 is 2.00 bits per heavy atom. The third-order valence-corrected chi connectivity index (χ3v) is 2.81. The third kappa shape index (κ3) is 7.20. The van der Waals surface area contributed by atoms with Crippen molar-refractivity contribution in [1.29, 1.82) is 0 Å². The van der Waals surface area contributed by atoms with E-state index in [-0.39, 0.29) is 0 Å². The second-order valence-electron chi connectivity index (χ2n) is 3.02. The molecule has 0 bridgehead atoms. The van der Waals surface area contributed by atoms with Gasteiger partial charge in [-0.05, 0) is 13.8 Å². The minimum absolute atomic E-state index is 0.384. The molecule has 0 fully saturated rings. The van der Waals surface area contributed by atoms with E-state index in [0.717, 1.165) is 37.6 Å². The molecule has 0 aliphatic heterocycles. The number of methoxy groups -OCH3 is 1. The molecule has 3 heteroatoms. The fourth-order valence-electron chi connectivity index (χ4n) is 0.562. The molecular weight excluding hydrogens is 371 g/mol. The zero-order chi connectivity index (χ0) is 11.0. The number of hydrogen-bond donors (Lipinski definition) is 0. The zero-order valence-corrected chi connectivity index (χ0v) is 12.7. The molecule has 0 spiro atoms. The van der Waals surface area contributed by atoms with Crippen LogP contribution in [0.4, 0.5) is 0 Å². The molecule has 0 heterocycles. The Balaban J connectivity index is 0.000000292. The second-order valence-corrected chi connectivity index (χ2v) is 5.27. The molecule has 2 nitrogen and oxygen atoms in total. The summed E-state index contributed by atoms with van der Waals surface area (Å²) < 4.78 is 6.07. The van der Waals surface area contributed by atoms with E-state index in [1.54, 1.807) is 7.11 Å². The van der Waals surface area contributed by atoms with Crippen LogP contribution in [0.1, 0.15) is 24.2 Å². The van der Waals surface area contributed by atoms with E-state index in [4.69, 9.17) is 4.74 Å². The van der Waals surface area contributed by atoms with Crippen LogP contribution in [0.15, 0.2) is 24.3 Å². The molecule has 0 aliphatic carbocycles. The SMILES string of the molecule is COC(C)C.O=Cc1cc[c]([Pb])cc1. The maximum absolute atomic E-state index is 10.1. The predicted molar refractivity (Wildman–Crippen MR) is 59.4 cm³/mol. The Morgan fingerprint density at radius 1 is 1.29 bits per heavy atom. The van der Waals surface area contributed by atoms with E-state index in [0.29, 0.717) is 6.10 Å². The average molecular weight is 386 g/mol. The Labute approximate surface area is 101 Å². The van der Waals surface area contributed by atoms with Crippen molar-refractivity contribution < 1.29 is 9.53 Å². The average Bonchev–Trinajstić information content (AvgIpc) is 2.20. The molecule has 0 aromatic heterocycles. The van der Waals surface area contributed by atoms with E-state index in [1.165, 1.54) is 3.12 Å². The summed E-state index contributed by atoms with van der Waals surface area (Å²) in [7, 11) is 1.70. The maximum atomic E-state index is 10.1. The quantitative estimate of drug-likeness (QED) is 0.566. The summed E-state index contributed by atoms with van der Waals surface area (Å²) in [6.07, 6.45) is 1.25. The van der Waals surface area contributed by atoms with Crippen molar-refractivity contribution in [1.82, 2.24) is 0 Å².